The van der Waals surface area contributed by atoms with Crippen LogP contribution >= 0.6 is 11.3 Å². The van der Waals surface area contributed by atoms with Gasteiger partial charge in [0.05, 0.1) is 5.69 Å². The maximum Gasteiger partial charge on any atom is 0.263 e. The molecule has 27 heavy (non-hydrogen) atoms. The van der Waals surface area contributed by atoms with Crippen LogP contribution in [0.15, 0.2) is 48.8 Å². The van der Waals surface area contributed by atoms with Gasteiger partial charge < -0.3 is 9.88 Å². The van der Waals surface area contributed by atoms with E-state index in [-0.39, 0.29) is 5.91 Å². The predicted molar refractivity (Wildman–Crippen MR) is 109 cm³/mol. The van der Waals surface area contributed by atoms with Gasteiger partial charge in [0, 0.05) is 36.9 Å². The van der Waals surface area contributed by atoms with Crippen LogP contribution in [-0.2, 0) is 13.6 Å². The number of nitrogens with one attached hydrogen (secondary N) is 1. The second-order valence-corrected chi connectivity index (χ2v) is 7.57. The van der Waals surface area contributed by atoms with E-state index in [2.05, 4.69) is 15.3 Å². The molecule has 1 amide bonds. The number of amides is 1. The van der Waals surface area contributed by atoms with Crippen molar-refractivity contribution in [3.63, 3.8) is 0 Å². The second kappa shape index (κ2) is 6.96. The van der Waals surface area contributed by atoms with Gasteiger partial charge in [0.25, 0.3) is 5.91 Å². The largest absolute Gasteiger partial charge is 0.347 e. The minimum atomic E-state index is -0.0853. The number of hydrogen-bond acceptors (Lipinski definition) is 4. The van der Waals surface area contributed by atoms with E-state index in [1.165, 1.54) is 16.9 Å². The Morgan fingerprint density at radius 3 is 2.81 bits per heavy atom. The molecular formula is C21H20N4OS. The molecule has 1 N–H and O–H groups in total. The summed E-state index contributed by atoms with van der Waals surface area (Å²) in [5.41, 5.74) is 4.95. The summed E-state index contributed by atoms with van der Waals surface area (Å²) in [6.07, 6.45) is 3.80. The van der Waals surface area contributed by atoms with E-state index in [9.17, 15) is 4.79 Å². The van der Waals surface area contributed by atoms with Crippen LogP contribution < -0.4 is 5.32 Å². The molecule has 0 aliphatic carbocycles. The van der Waals surface area contributed by atoms with Gasteiger partial charge in [-0.3, -0.25) is 4.79 Å². The first-order valence-corrected chi connectivity index (χ1v) is 9.57. The molecule has 0 saturated carbocycles. The number of carbonyl (C=O) groups excluding carboxylic acids is 1. The fourth-order valence-electron chi connectivity index (χ4n) is 3.17. The highest BCUT2D eigenvalue weighted by molar-refractivity contribution is 7.17. The Morgan fingerprint density at radius 1 is 1.19 bits per heavy atom. The lowest BCUT2D eigenvalue weighted by molar-refractivity contribution is 0.0954. The summed E-state index contributed by atoms with van der Waals surface area (Å²) in [5, 5.41) is 4.90. The molecule has 0 atom stereocenters. The van der Waals surface area contributed by atoms with Crippen LogP contribution in [0, 0.1) is 13.8 Å². The van der Waals surface area contributed by atoms with E-state index in [1.807, 2.05) is 68.1 Å². The molecule has 136 valence electrons. The highest BCUT2D eigenvalue weighted by Crippen LogP contribution is 2.33. The Hall–Kier alpha value is -2.99. The van der Waals surface area contributed by atoms with E-state index in [0.29, 0.717) is 11.4 Å². The highest BCUT2D eigenvalue weighted by Gasteiger charge is 2.19. The van der Waals surface area contributed by atoms with Gasteiger partial charge >= 0.3 is 0 Å². The number of fused-ring (bicyclic) bond motifs is 1. The third-order valence-electron chi connectivity index (χ3n) is 4.67. The first-order chi connectivity index (χ1) is 13.0. The van der Waals surface area contributed by atoms with Crippen LogP contribution in [0.5, 0.6) is 0 Å². The standard InChI is InChI=1S/C21H20N4OS/c1-13-7-4-5-8-15(13)11-23-20(26)18-14(2)24-21(27-18)17-12-25(3)19-16(17)9-6-10-22-19/h4-10,12H,11H2,1-3H3,(H,23,26). The van der Waals surface area contributed by atoms with E-state index in [0.717, 1.165) is 32.9 Å². The van der Waals surface area contributed by atoms with E-state index in [4.69, 9.17) is 0 Å². The Bertz CT molecular complexity index is 1140. The van der Waals surface area contributed by atoms with E-state index in [1.54, 1.807) is 6.20 Å². The highest BCUT2D eigenvalue weighted by atomic mass is 32.1. The molecule has 0 radical (unpaired) electrons. The van der Waals surface area contributed by atoms with E-state index < -0.39 is 0 Å². The molecule has 4 aromatic rings. The fraction of sp³-hybridized carbons (Fsp3) is 0.190. The van der Waals surface area contributed by atoms with Crippen molar-refractivity contribution in [3.05, 3.63) is 70.5 Å². The molecule has 6 heteroatoms. The second-order valence-electron chi connectivity index (χ2n) is 6.57. The smallest absolute Gasteiger partial charge is 0.263 e. The molecule has 3 heterocycles. The van der Waals surface area contributed by atoms with Crippen molar-refractivity contribution < 1.29 is 4.79 Å². The molecule has 3 aromatic heterocycles. The maximum atomic E-state index is 12.7. The van der Waals surface area contributed by atoms with Gasteiger partial charge in [-0.15, -0.1) is 11.3 Å². The zero-order valence-corrected chi connectivity index (χ0v) is 16.3. The van der Waals surface area contributed by atoms with Crippen LogP contribution in [0.1, 0.15) is 26.5 Å². The molecule has 4 rings (SSSR count). The minimum Gasteiger partial charge on any atom is -0.347 e. The average molecular weight is 376 g/mol. The molecule has 0 saturated heterocycles. The topological polar surface area (TPSA) is 59.8 Å². The van der Waals surface area contributed by atoms with Crippen molar-refractivity contribution in [3.8, 4) is 10.6 Å². The summed E-state index contributed by atoms with van der Waals surface area (Å²) in [7, 11) is 1.97. The predicted octanol–water partition coefficient (Wildman–Crippen LogP) is 4.24. The van der Waals surface area contributed by atoms with Gasteiger partial charge in [0.15, 0.2) is 0 Å². The van der Waals surface area contributed by atoms with Gasteiger partial charge in [0.2, 0.25) is 0 Å². The Morgan fingerprint density at radius 2 is 2.00 bits per heavy atom. The van der Waals surface area contributed by atoms with Gasteiger partial charge in [-0.05, 0) is 37.1 Å². The molecule has 1 aromatic carbocycles. The van der Waals surface area contributed by atoms with Crippen molar-refractivity contribution in [2.75, 3.05) is 0 Å². The lowest BCUT2D eigenvalue weighted by atomic mass is 10.1. The number of carbonyl (C=O) groups is 1. The zero-order valence-electron chi connectivity index (χ0n) is 15.5. The molecule has 0 spiro atoms. The summed E-state index contributed by atoms with van der Waals surface area (Å²) >= 11 is 1.42. The van der Waals surface area contributed by atoms with Crippen molar-refractivity contribution in [2.45, 2.75) is 20.4 Å². The van der Waals surface area contributed by atoms with Crippen LogP contribution in [0.2, 0.25) is 0 Å². The Kier molecular flexibility index (Phi) is 4.49. The summed E-state index contributed by atoms with van der Waals surface area (Å²) in [5.74, 6) is -0.0853. The summed E-state index contributed by atoms with van der Waals surface area (Å²) in [6.45, 7) is 4.44. The number of nitrogens with zero attached hydrogens (tertiary/aromatic N) is 3. The SMILES string of the molecule is Cc1ccccc1CNC(=O)c1sc(-c2cn(C)c3ncccc23)nc1C. The van der Waals surface area contributed by atoms with Crippen LogP contribution in [0.25, 0.3) is 21.6 Å². The Balaban J connectivity index is 1.61. The fourth-order valence-corrected chi connectivity index (χ4v) is 4.18. The Labute approximate surface area is 161 Å². The van der Waals surface area contributed by atoms with Crippen LogP contribution in [-0.4, -0.2) is 20.4 Å². The molecule has 0 bridgehead atoms. The molecule has 0 aliphatic heterocycles. The third-order valence-corrected chi connectivity index (χ3v) is 5.86. The number of thiazole rings is 1. The number of aryl methyl sites for hydroxylation is 3. The van der Waals surface area contributed by atoms with Gasteiger partial charge in [-0.1, -0.05) is 24.3 Å². The monoisotopic (exact) mass is 376 g/mol. The van der Waals surface area contributed by atoms with Crippen LogP contribution in [0.4, 0.5) is 0 Å². The summed E-state index contributed by atoms with van der Waals surface area (Å²) in [6, 6.07) is 12.0. The van der Waals surface area contributed by atoms with Crippen molar-refractivity contribution >= 4 is 28.3 Å². The molecular weight excluding hydrogens is 356 g/mol. The molecule has 0 unspecified atom stereocenters. The maximum absolute atomic E-state index is 12.7. The van der Waals surface area contributed by atoms with Crippen molar-refractivity contribution in [1.82, 2.24) is 19.9 Å². The van der Waals surface area contributed by atoms with Gasteiger partial charge in [-0.25, -0.2) is 9.97 Å². The number of rotatable bonds is 4. The number of aromatic nitrogens is 3. The summed E-state index contributed by atoms with van der Waals surface area (Å²) in [4.78, 5) is 22.4. The first-order valence-electron chi connectivity index (χ1n) is 8.75. The normalized spacial score (nSPS) is 11.1. The molecule has 0 fully saturated rings. The van der Waals surface area contributed by atoms with Crippen molar-refractivity contribution in [2.24, 2.45) is 7.05 Å². The van der Waals surface area contributed by atoms with Gasteiger partial charge in [0.1, 0.15) is 15.5 Å². The quantitative estimate of drug-likeness (QED) is 0.579. The van der Waals surface area contributed by atoms with E-state index >= 15 is 0 Å². The molecule has 0 aliphatic rings. The van der Waals surface area contributed by atoms with Crippen molar-refractivity contribution in [1.29, 1.82) is 0 Å². The number of hydrogen-bond donors (Lipinski definition) is 1. The first kappa shape index (κ1) is 17.4. The average Bonchev–Trinajstić information content (AvgIpc) is 3.21. The van der Waals surface area contributed by atoms with Crippen LogP contribution in [0.3, 0.4) is 0 Å². The third kappa shape index (κ3) is 3.24. The summed E-state index contributed by atoms with van der Waals surface area (Å²) < 4.78 is 1.99. The zero-order chi connectivity index (χ0) is 19.0. The van der Waals surface area contributed by atoms with Gasteiger partial charge in [-0.2, -0.15) is 0 Å². The lowest BCUT2D eigenvalue weighted by Gasteiger charge is -2.07. The minimum absolute atomic E-state index is 0.0853. The number of benzene rings is 1. The lowest BCUT2D eigenvalue weighted by Crippen LogP contribution is -2.22. The molecule has 5 nitrogen and oxygen atoms in total. The number of pyridine rings is 1.